The van der Waals surface area contributed by atoms with E-state index in [1.165, 1.54) is 5.56 Å². The minimum Gasteiger partial charge on any atom is -0.492 e. The highest BCUT2D eigenvalue weighted by Gasteiger charge is 1.96. The standard InChI is InChI=1S/C15H15NO2/c17-12-14-8-9-15(11-16-14)18-10-4-7-13-5-2-1-3-6-13/h1-3,5-6,8-9,11-12H,4,7,10H2. The van der Waals surface area contributed by atoms with Gasteiger partial charge in [0, 0.05) is 0 Å². The van der Waals surface area contributed by atoms with Crippen molar-refractivity contribution in [1.82, 2.24) is 4.98 Å². The van der Waals surface area contributed by atoms with Crippen molar-refractivity contribution in [2.24, 2.45) is 0 Å². The van der Waals surface area contributed by atoms with Crippen LogP contribution in [0, 0.1) is 0 Å². The average molecular weight is 241 g/mol. The van der Waals surface area contributed by atoms with Crippen molar-refractivity contribution in [1.29, 1.82) is 0 Å². The Bertz CT molecular complexity index is 480. The number of ether oxygens (including phenoxy) is 1. The van der Waals surface area contributed by atoms with E-state index in [4.69, 9.17) is 4.74 Å². The molecule has 0 spiro atoms. The molecule has 2 aromatic rings. The molecule has 1 aromatic heterocycles. The van der Waals surface area contributed by atoms with Crippen molar-refractivity contribution in [2.45, 2.75) is 12.8 Å². The van der Waals surface area contributed by atoms with Gasteiger partial charge in [-0.15, -0.1) is 0 Å². The van der Waals surface area contributed by atoms with Crippen LogP contribution in [-0.2, 0) is 6.42 Å². The molecule has 1 heterocycles. The molecule has 0 bridgehead atoms. The number of aromatic nitrogens is 1. The molecule has 92 valence electrons. The number of nitrogens with zero attached hydrogens (tertiary/aromatic N) is 1. The number of pyridine rings is 1. The minimum absolute atomic E-state index is 0.423. The van der Waals surface area contributed by atoms with Gasteiger partial charge in [-0.25, -0.2) is 4.98 Å². The number of aldehydes is 1. The van der Waals surface area contributed by atoms with E-state index in [0.29, 0.717) is 18.1 Å². The molecule has 0 aliphatic heterocycles. The van der Waals surface area contributed by atoms with Crippen LogP contribution in [0.2, 0.25) is 0 Å². The number of hydrogen-bond donors (Lipinski definition) is 0. The fourth-order valence-electron chi connectivity index (χ4n) is 1.66. The van der Waals surface area contributed by atoms with Crippen LogP contribution < -0.4 is 4.74 Å². The summed E-state index contributed by atoms with van der Waals surface area (Å²) in [7, 11) is 0. The lowest BCUT2D eigenvalue weighted by atomic mass is 10.1. The molecule has 3 nitrogen and oxygen atoms in total. The van der Waals surface area contributed by atoms with Gasteiger partial charge in [0.15, 0.2) is 6.29 Å². The SMILES string of the molecule is O=Cc1ccc(OCCCc2ccccc2)cn1. The molecule has 0 saturated heterocycles. The molecule has 1 aromatic carbocycles. The van der Waals surface area contributed by atoms with Crippen LogP contribution in [0.1, 0.15) is 22.5 Å². The lowest BCUT2D eigenvalue weighted by Gasteiger charge is -2.05. The van der Waals surface area contributed by atoms with Crippen molar-refractivity contribution >= 4 is 6.29 Å². The van der Waals surface area contributed by atoms with E-state index in [-0.39, 0.29) is 0 Å². The van der Waals surface area contributed by atoms with E-state index >= 15 is 0 Å². The zero-order chi connectivity index (χ0) is 12.6. The number of carbonyl (C=O) groups excluding carboxylic acids is 1. The molecule has 0 radical (unpaired) electrons. The third kappa shape index (κ3) is 3.70. The van der Waals surface area contributed by atoms with Crippen molar-refractivity contribution in [3.05, 3.63) is 59.9 Å². The van der Waals surface area contributed by atoms with E-state index in [0.717, 1.165) is 19.1 Å². The first kappa shape index (κ1) is 12.3. The van der Waals surface area contributed by atoms with Crippen LogP contribution in [0.5, 0.6) is 5.75 Å². The lowest BCUT2D eigenvalue weighted by Crippen LogP contribution is -2.00. The second-order valence-electron chi connectivity index (χ2n) is 3.97. The van der Waals surface area contributed by atoms with Gasteiger partial charge in [0.2, 0.25) is 0 Å². The highest BCUT2D eigenvalue weighted by molar-refractivity contribution is 5.71. The van der Waals surface area contributed by atoms with E-state index in [1.807, 2.05) is 18.2 Å². The second-order valence-corrected chi connectivity index (χ2v) is 3.97. The molecule has 0 saturated carbocycles. The highest BCUT2D eigenvalue weighted by Crippen LogP contribution is 2.09. The quantitative estimate of drug-likeness (QED) is 0.576. The minimum atomic E-state index is 0.423. The summed E-state index contributed by atoms with van der Waals surface area (Å²) in [6.45, 7) is 0.650. The van der Waals surface area contributed by atoms with Crippen LogP contribution in [0.25, 0.3) is 0 Å². The highest BCUT2D eigenvalue weighted by atomic mass is 16.5. The molecule has 0 N–H and O–H groups in total. The Morgan fingerprint density at radius 2 is 1.94 bits per heavy atom. The van der Waals surface area contributed by atoms with Crippen molar-refractivity contribution < 1.29 is 9.53 Å². The van der Waals surface area contributed by atoms with Gasteiger partial charge in [0.25, 0.3) is 0 Å². The van der Waals surface area contributed by atoms with Gasteiger partial charge in [-0.3, -0.25) is 4.79 Å². The van der Waals surface area contributed by atoms with Crippen LogP contribution >= 0.6 is 0 Å². The Kier molecular flexibility index (Phi) is 4.47. The van der Waals surface area contributed by atoms with Crippen LogP contribution in [-0.4, -0.2) is 17.9 Å². The van der Waals surface area contributed by atoms with E-state index in [2.05, 4.69) is 17.1 Å². The average Bonchev–Trinajstić information content (AvgIpc) is 2.45. The summed E-state index contributed by atoms with van der Waals surface area (Å²) in [5.41, 5.74) is 1.74. The zero-order valence-electron chi connectivity index (χ0n) is 10.1. The van der Waals surface area contributed by atoms with Crippen LogP contribution in [0.3, 0.4) is 0 Å². The maximum Gasteiger partial charge on any atom is 0.168 e. The third-order valence-electron chi connectivity index (χ3n) is 2.60. The molecule has 0 atom stereocenters. The van der Waals surface area contributed by atoms with Gasteiger partial charge in [-0.2, -0.15) is 0 Å². The molecule has 18 heavy (non-hydrogen) atoms. The number of benzene rings is 1. The third-order valence-corrected chi connectivity index (χ3v) is 2.60. The maximum absolute atomic E-state index is 10.4. The first-order chi connectivity index (χ1) is 8.88. The van der Waals surface area contributed by atoms with Crippen LogP contribution in [0.4, 0.5) is 0 Å². The Morgan fingerprint density at radius 1 is 1.11 bits per heavy atom. The lowest BCUT2D eigenvalue weighted by molar-refractivity contribution is 0.111. The number of aryl methyl sites for hydroxylation is 1. The monoisotopic (exact) mass is 241 g/mol. The fourth-order valence-corrected chi connectivity index (χ4v) is 1.66. The molecule has 0 amide bonds. The molecule has 0 aliphatic rings. The van der Waals surface area contributed by atoms with Gasteiger partial charge in [-0.05, 0) is 30.5 Å². The summed E-state index contributed by atoms with van der Waals surface area (Å²) < 4.78 is 5.55. The number of hydrogen-bond acceptors (Lipinski definition) is 3. The Hall–Kier alpha value is -2.16. The predicted molar refractivity (Wildman–Crippen MR) is 69.9 cm³/mol. The number of rotatable bonds is 6. The van der Waals surface area contributed by atoms with Gasteiger partial charge in [-0.1, -0.05) is 30.3 Å². The van der Waals surface area contributed by atoms with Crippen molar-refractivity contribution in [3.8, 4) is 5.75 Å². The largest absolute Gasteiger partial charge is 0.492 e. The zero-order valence-corrected chi connectivity index (χ0v) is 10.1. The summed E-state index contributed by atoms with van der Waals surface area (Å²) in [6.07, 6.45) is 4.26. The maximum atomic E-state index is 10.4. The molecule has 0 unspecified atom stereocenters. The topological polar surface area (TPSA) is 39.2 Å². The molecular formula is C15H15NO2. The summed E-state index contributed by atoms with van der Waals surface area (Å²) >= 11 is 0. The molecule has 2 rings (SSSR count). The Labute approximate surface area is 106 Å². The van der Waals surface area contributed by atoms with E-state index in [1.54, 1.807) is 18.3 Å². The Balaban J connectivity index is 1.73. The normalized spacial score (nSPS) is 10.0. The predicted octanol–water partition coefficient (Wildman–Crippen LogP) is 2.91. The summed E-state index contributed by atoms with van der Waals surface area (Å²) in [6, 6.07) is 13.7. The fraction of sp³-hybridized carbons (Fsp3) is 0.200. The van der Waals surface area contributed by atoms with E-state index in [9.17, 15) is 4.79 Å². The molecule has 0 aliphatic carbocycles. The summed E-state index contributed by atoms with van der Waals surface area (Å²) in [5, 5.41) is 0. The van der Waals surface area contributed by atoms with Gasteiger partial charge < -0.3 is 4.74 Å². The van der Waals surface area contributed by atoms with Gasteiger partial charge >= 0.3 is 0 Å². The smallest absolute Gasteiger partial charge is 0.168 e. The summed E-state index contributed by atoms with van der Waals surface area (Å²) in [5.74, 6) is 0.702. The van der Waals surface area contributed by atoms with Crippen LogP contribution in [0.15, 0.2) is 48.7 Å². The number of carbonyl (C=O) groups is 1. The Morgan fingerprint density at radius 3 is 2.61 bits per heavy atom. The van der Waals surface area contributed by atoms with Gasteiger partial charge in [0.1, 0.15) is 11.4 Å². The van der Waals surface area contributed by atoms with Crippen molar-refractivity contribution in [2.75, 3.05) is 6.61 Å². The first-order valence-corrected chi connectivity index (χ1v) is 5.96. The van der Waals surface area contributed by atoms with E-state index < -0.39 is 0 Å². The second kappa shape index (κ2) is 6.55. The molecular weight excluding hydrogens is 226 g/mol. The summed E-state index contributed by atoms with van der Waals surface area (Å²) in [4.78, 5) is 14.4. The molecule has 3 heteroatoms. The first-order valence-electron chi connectivity index (χ1n) is 5.96. The molecule has 0 fully saturated rings. The van der Waals surface area contributed by atoms with Crippen molar-refractivity contribution in [3.63, 3.8) is 0 Å². The van der Waals surface area contributed by atoms with Gasteiger partial charge in [0.05, 0.1) is 12.8 Å².